The average Bonchev–Trinajstić information content (AvgIpc) is 2.82. The highest BCUT2D eigenvalue weighted by molar-refractivity contribution is 7.99. The predicted octanol–water partition coefficient (Wildman–Crippen LogP) is 4.05. The molecule has 0 unspecified atom stereocenters. The SMILES string of the molecule is COCC#Cc1cc(OCCCN2CCOCC2)cc(Sc2ccc(OCC(=O)O)c(Cl)c2)c1. The van der Waals surface area contributed by atoms with Gasteiger partial charge in [-0.2, -0.15) is 0 Å². The monoisotopic (exact) mass is 505 g/mol. The maximum absolute atomic E-state index is 10.7. The third kappa shape index (κ3) is 9.09. The minimum Gasteiger partial charge on any atom is -0.493 e. The van der Waals surface area contributed by atoms with Gasteiger partial charge >= 0.3 is 5.97 Å². The zero-order valence-electron chi connectivity index (χ0n) is 19.0. The van der Waals surface area contributed by atoms with E-state index in [0.29, 0.717) is 24.0 Å². The van der Waals surface area contributed by atoms with E-state index in [1.165, 1.54) is 11.8 Å². The van der Waals surface area contributed by atoms with Crippen molar-refractivity contribution in [3.8, 4) is 23.3 Å². The molecule has 7 nitrogen and oxygen atoms in total. The van der Waals surface area contributed by atoms with Crippen molar-refractivity contribution in [2.24, 2.45) is 0 Å². The van der Waals surface area contributed by atoms with Crippen LogP contribution in [-0.4, -0.2) is 75.8 Å². The number of methoxy groups -OCH3 is 1. The van der Waals surface area contributed by atoms with Crippen LogP contribution in [0.2, 0.25) is 5.02 Å². The molecule has 0 radical (unpaired) electrons. The highest BCUT2D eigenvalue weighted by Crippen LogP contribution is 2.35. The molecule has 0 spiro atoms. The summed E-state index contributed by atoms with van der Waals surface area (Å²) in [6.45, 7) is 5.01. The molecule has 0 amide bonds. The van der Waals surface area contributed by atoms with Crippen LogP contribution in [0.5, 0.6) is 11.5 Å². The summed E-state index contributed by atoms with van der Waals surface area (Å²) in [4.78, 5) is 14.9. The number of rotatable bonds is 11. The van der Waals surface area contributed by atoms with Crippen molar-refractivity contribution in [3.63, 3.8) is 0 Å². The Hall–Kier alpha value is -2.41. The first-order valence-electron chi connectivity index (χ1n) is 10.9. The van der Waals surface area contributed by atoms with E-state index >= 15 is 0 Å². The largest absolute Gasteiger partial charge is 0.493 e. The maximum Gasteiger partial charge on any atom is 0.341 e. The van der Waals surface area contributed by atoms with E-state index < -0.39 is 12.6 Å². The Morgan fingerprint density at radius 2 is 2.00 bits per heavy atom. The van der Waals surface area contributed by atoms with E-state index in [2.05, 4.69) is 16.7 Å². The van der Waals surface area contributed by atoms with Crippen molar-refractivity contribution < 1.29 is 28.8 Å². The number of ether oxygens (including phenoxy) is 4. The molecule has 3 rings (SSSR count). The van der Waals surface area contributed by atoms with Crippen LogP contribution in [0.15, 0.2) is 46.2 Å². The number of halogens is 1. The van der Waals surface area contributed by atoms with Gasteiger partial charge in [-0.15, -0.1) is 0 Å². The Morgan fingerprint density at radius 3 is 2.74 bits per heavy atom. The molecule has 2 aromatic carbocycles. The fourth-order valence-electron chi connectivity index (χ4n) is 3.24. The summed E-state index contributed by atoms with van der Waals surface area (Å²) in [5, 5.41) is 9.13. The van der Waals surface area contributed by atoms with E-state index in [-0.39, 0.29) is 0 Å². The first-order valence-corrected chi connectivity index (χ1v) is 12.1. The van der Waals surface area contributed by atoms with Gasteiger partial charge in [-0.3, -0.25) is 4.90 Å². The van der Waals surface area contributed by atoms with Crippen molar-refractivity contribution in [2.75, 3.05) is 59.8 Å². The van der Waals surface area contributed by atoms with Crippen LogP contribution < -0.4 is 9.47 Å². The number of carboxylic acid groups (broad SMARTS) is 1. The predicted molar refractivity (Wildman–Crippen MR) is 131 cm³/mol. The highest BCUT2D eigenvalue weighted by Gasteiger charge is 2.11. The summed E-state index contributed by atoms with van der Waals surface area (Å²) in [6.07, 6.45) is 0.926. The van der Waals surface area contributed by atoms with Crippen molar-refractivity contribution in [3.05, 3.63) is 47.0 Å². The highest BCUT2D eigenvalue weighted by atomic mass is 35.5. The molecule has 0 saturated carbocycles. The van der Waals surface area contributed by atoms with E-state index in [0.717, 1.165) is 60.4 Å². The smallest absolute Gasteiger partial charge is 0.341 e. The zero-order chi connectivity index (χ0) is 24.2. The van der Waals surface area contributed by atoms with Gasteiger partial charge in [-0.25, -0.2) is 4.79 Å². The molecule has 0 atom stereocenters. The lowest BCUT2D eigenvalue weighted by molar-refractivity contribution is -0.139. The number of carboxylic acids is 1. The lowest BCUT2D eigenvalue weighted by atomic mass is 10.2. The van der Waals surface area contributed by atoms with Crippen LogP contribution in [0.4, 0.5) is 0 Å². The van der Waals surface area contributed by atoms with Gasteiger partial charge in [0.05, 0.1) is 24.8 Å². The summed E-state index contributed by atoms with van der Waals surface area (Å²) < 4.78 is 21.7. The lowest BCUT2D eigenvalue weighted by Crippen LogP contribution is -2.37. The molecular weight excluding hydrogens is 478 g/mol. The van der Waals surface area contributed by atoms with Gasteiger partial charge in [0.25, 0.3) is 0 Å². The second-order valence-corrected chi connectivity index (χ2v) is 9.01. The number of nitrogens with zero attached hydrogens (tertiary/aromatic N) is 1. The third-order valence-electron chi connectivity index (χ3n) is 4.81. The summed E-state index contributed by atoms with van der Waals surface area (Å²) in [6, 6.07) is 11.1. The van der Waals surface area contributed by atoms with Crippen LogP contribution in [0.3, 0.4) is 0 Å². The Balaban J connectivity index is 1.66. The van der Waals surface area contributed by atoms with Crippen molar-refractivity contribution in [1.82, 2.24) is 4.90 Å². The van der Waals surface area contributed by atoms with Crippen molar-refractivity contribution >= 4 is 29.3 Å². The Bertz CT molecular complexity index is 1020. The number of hydrogen-bond donors (Lipinski definition) is 1. The van der Waals surface area contributed by atoms with Gasteiger partial charge in [0.2, 0.25) is 0 Å². The minimum absolute atomic E-state index is 0.330. The van der Waals surface area contributed by atoms with E-state index in [9.17, 15) is 4.79 Å². The molecule has 1 aliphatic rings. The molecule has 1 saturated heterocycles. The Kier molecular flexibility index (Phi) is 10.9. The number of aliphatic carboxylic acids is 1. The number of benzene rings is 2. The zero-order valence-corrected chi connectivity index (χ0v) is 20.6. The topological polar surface area (TPSA) is 77.5 Å². The normalized spacial score (nSPS) is 13.7. The molecule has 1 heterocycles. The summed E-state index contributed by atoms with van der Waals surface area (Å²) in [5.74, 6) is 6.11. The molecular formula is C25H28ClNO6S. The molecule has 1 fully saturated rings. The molecule has 2 aromatic rings. The standard InChI is InChI=1S/C25H28ClNO6S/c1-30-10-2-4-19-14-20(32-11-3-7-27-8-12-31-13-9-27)16-22(15-19)34-21-5-6-24(23(26)17-21)33-18-25(28)29/h5-6,14-17H,3,7-13,18H2,1H3,(H,28,29). The molecule has 9 heteroatoms. The second-order valence-electron chi connectivity index (χ2n) is 7.46. The van der Waals surface area contributed by atoms with Crippen molar-refractivity contribution in [1.29, 1.82) is 0 Å². The number of morpholine rings is 1. The fraction of sp³-hybridized carbons (Fsp3) is 0.400. The van der Waals surface area contributed by atoms with E-state index in [1.54, 1.807) is 19.2 Å². The lowest BCUT2D eigenvalue weighted by Gasteiger charge is -2.26. The van der Waals surface area contributed by atoms with Crippen LogP contribution >= 0.6 is 23.4 Å². The first kappa shape index (κ1) is 26.2. The van der Waals surface area contributed by atoms with E-state index in [4.69, 9.17) is 35.7 Å². The van der Waals surface area contributed by atoms with Gasteiger partial charge in [-0.05, 0) is 42.8 Å². The van der Waals surface area contributed by atoms with Gasteiger partial charge in [0.1, 0.15) is 18.1 Å². The third-order valence-corrected chi connectivity index (χ3v) is 6.07. The molecule has 34 heavy (non-hydrogen) atoms. The fourth-order valence-corrected chi connectivity index (χ4v) is 4.48. The maximum atomic E-state index is 10.7. The summed E-state index contributed by atoms with van der Waals surface area (Å²) in [5.41, 5.74) is 0.831. The number of carbonyl (C=O) groups is 1. The molecule has 182 valence electrons. The van der Waals surface area contributed by atoms with E-state index in [1.807, 2.05) is 24.3 Å². The van der Waals surface area contributed by atoms with Gasteiger partial charge in [0.15, 0.2) is 6.61 Å². The Morgan fingerprint density at radius 1 is 1.18 bits per heavy atom. The summed E-state index contributed by atoms with van der Waals surface area (Å²) in [7, 11) is 1.61. The second kappa shape index (κ2) is 14.1. The first-order chi connectivity index (χ1) is 16.5. The molecule has 0 bridgehead atoms. The summed E-state index contributed by atoms with van der Waals surface area (Å²) >= 11 is 7.78. The van der Waals surface area contributed by atoms with Crippen LogP contribution in [-0.2, 0) is 14.3 Å². The van der Waals surface area contributed by atoms with Gasteiger partial charge in [0, 0.05) is 42.1 Å². The Labute approximate surface area is 209 Å². The van der Waals surface area contributed by atoms with Crippen molar-refractivity contribution in [2.45, 2.75) is 16.2 Å². The minimum atomic E-state index is -1.06. The molecule has 1 N–H and O–H groups in total. The molecule has 1 aliphatic heterocycles. The quantitative estimate of drug-likeness (QED) is 0.362. The molecule has 0 aromatic heterocycles. The number of hydrogen-bond acceptors (Lipinski definition) is 7. The molecule has 0 aliphatic carbocycles. The van der Waals surface area contributed by atoms with Crippen LogP contribution in [0.1, 0.15) is 12.0 Å². The average molecular weight is 506 g/mol. The van der Waals surface area contributed by atoms with Gasteiger partial charge in [-0.1, -0.05) is 35.2 Å². The van der Waals surface area contributed by atoms with Crippen LogP contribution in [0.25, 0.3) is 0 Å². The van der Waals surface area contributed by atoms with Crippen LogP contribution in [0, 0.1) is 11.8 Å². The van der Waals surface area contributed by atoms with Gasteiger partial charge < -0.3 is 24.1 Å².